The highest BCUT2D eigenvalue weighted by Gasteiger charge is 2.46. The van der Waals surface area contributed by atoms with E-state index in [1.807, 2.05) is 0 Å². The Bertz CT molecular complexity index is 1110. The van der Waals surface area contributed by atoms with Crippen LogP contribution in [0.5, 0.6) is 0 Å². The highest BCUT2D eigenvalue weighted by Crippen LogP contribution is 2.55. The lowest BCUT2D eigenvalue weighted by molar-refractivity contribution is -0.120. The van der Waals surface area contributed by atoms with Crippen LogP contribution in [-0.4, -0.2) is 5.78 Å². The summed E-state index contributed by atoms with van der Waals surface area (Å²) < 4.78 is 0. The Hall–Kier alpha value is -2.67. The zero-order valence-electron chi connectivity index (χ0n) is 14.5. The number of fused-ring (bicyclic) bond motifs is 2. The molecule has 26 heavy (non-hydrogen) atoms. The average molecular weight is 334 g/mol. The first-order valence-corrected chi connectivity index (χ1v) is 9.69. The van der Waals surface area contributed by atoms with E-state index in [4.69, 9.17) is 0 Å². The van der Waals surface area contributed by atoms with Crippen molar-refractivity contribution < 1.29 is 4.79 Å². The first-order valence-electron chi connectivity index (χ1n) is 9.69. The molecule has 0 fully saturated rings. The number of benzene rings is 2. The molecule has 0 bridgehead atoms. The Morgan fingerprint density at radius 2 is 1.27 bits per heavy atom. The van der Waals surface area contributed by atoms with Gasteiger partial charge in [0.1, 0.15) is 0 Å². The van der Waals surface area contributed by atoms with Gasteiger partial charge >= 0.3 is 0 Å². The van der Waals surface area contributed by atoms with Gasteiger partial charge in [-0.05, 0) is 69.9 Å². The highest BCUT2D eigenvalue weighted by atomic mass is 16.1. The largest absolute Gasteiger partial charge is 0.298 e. The van der Waals surface area contributed by atoms with Crippen LogP contribution >= 0.6 is 0 Å². The minimum absolute atomic E-state index is 0.0511. The molecule has 1 nitrogen and oxygen atoms in total. The van der Waals surface area contributed by atoms with E-state index in [0.717, 1.165) is 25.7 Å². The van der Waals surface area contributed by atoms with Gasteiger partial charge in [-0.3, -0.25) is 4.79 Å². The van der Waals surface area contributed by atoms with Crippen LogP contribution in [0.4, 0.5) is 0 Å². The smallest absolute Gasteiger partial charge is 0.156 e. The zero-order chi connectivity index (χ0) is 17.0. The number of carbonyl (C=O) groups excluding carboxylic acids is 1. The SMILES string of the molecule is O=C1C2C3=C(CC=C3)Cc3ccc4ccc5c(c4c32)C1C1=C(CC=C1)C5. The van der Waals surface area contributed by atoms with Crippen LogP contribution in [0.1, 0.15) is 46.9 Å². The van der Waals surface area contributed by atoms with Crippen molar-refractivity contribution >= 4 is 16.6 Å². The maximum Gasteiger partial charge on any atom is 0.156 e. The predicted molar refractivity (Wildman–Crippen MR) is 103 cm³/mol. The zero-order valence-corrected chi connectivity index (χ0v) is 14.5. The molecule has 0 amide bonds. The molecule has 0 radical (unpaired) electrons. The number of allylic oxidation sites excluding steroid dienone is 8. The topological polar surface area (TPSA) is 17.1 Å². The second-order valence-corrected chi connectivity index (χ2v) is 8.33. The molecule has 0 saturated heterocycles. The van der Waals surface area contributed by atoms with Crippen LogP contribution in [0.15, 0.2) is 70.9 Å². The molecule has 0 aliphatic heterocycles. The lowest BCUT2D eigenvalue weighted by Crippen LogP contribution is -2.33. The van der Waals surface area contributed by atoms with Crippen molar-refractivity contribution in [1.82, 2.24) is 0 Å². The van der Waals surface area contributed by atoms with Gasteiger partial charge in [-0.25, -0.2) is 0 Å². The van der Waals surface area contributed by atoms with E-state index in [9.17, 15) is 4.79 Å². The van der Waals surface area contributed by atoms with Crippen LogP contribution < -0.4 is 0 Å². The molecule has 0 aromatic heterocycles. The van der Waals surface area contributed by atoms with Gasteiger partial charge in [-0.15, -0.1) is 0 Å². The second-order valence-electron chi connectivity index (χ2n) is 8.33. The Kier molecular flexibility index (Phi) is 2.26. The molecule has 0 heterocycles. The summed E-state index contributed by atoms with van der Waals surface area (Å²) in [6.45, 7) is 0. The standard InChI is InChI=1S/C25H18O/c26-25-23-18-5-1-3-14(18)11-16-9-7-13-8-10-17-12-15-4-2-6-19(15)24(25)22(17)20(13)21(16)23/h1-2,5-10,23-24H,3-4,11-12H2. The summed E-state index contributed by atoms with van der Waals surface area (Å²) >= 11 is 0. The summed E-state index contributed by atoms with van der Waals surface area (Å²) in [7, 11) is 0. The highest BCUT2D eigenvalue weighted by molar-refractivity contribution is 6.10. The van der Waals surface area contributed by atoms with Gasteiger partial charge in [-0.1, -0.05) is 59.7 Å². The number of Topliss-reactive ketones (excluding diaryl/α,β-unsaturated/α-hetero) is 1. The minimum atomic E-state index is -0.0511. The summed E-state index contributed by atoms with van der Waals surface area (Å²) in [5.74, 6) is 0.311. The van der Waals surface area contributed by atoms with Crippen molar-refractivity contribution in [3.8, 4) is 0 Å². The lowest BCUT2D eigenvalue weighted by Gasteiger charge is -2.39. The molecule has 1 heteroatoms. The molecule has 2 unspecified atom stereocenters. The van der Waals surface area contributed by atoms with Gasteiger partial charge in [0, 0.05) is 0 Å². The van der Waals surface area contributed by atoms with Crippen molar-refractivity contribution in [3.63, 3.8) is 0 Å². The number of rotatable bonds is 0. The third-order valence-corrected chi connectivity index (χ3v) is 7.16. The first kappa shape index (κ1) is 13.5. The van der Waals surface area contributed by atoms with Crippen molar-refractivity contribution in [1.29, 1.82) is 0 Å². The molecule has 7 rings (SSSR count). The van der Waals surface area contributed by atoms with Gasteiger partial charge in [0.15, 0.2) is 5.78 Å². The van der Waals surface area contributed by atoms with E-state index in [-0.39, 0.29) is 11.8 Å². The minimum Gasteiger partial charge on any atom is -0.298 e. The van der Waals surface area contributed by atoms with Crippen LogP contribution in [0.3, 0.4) is 0 Å². The van der Waals surface area contributed by atoms with E-state index in [2.05, 4.69) is 48.6 Å². The van der Waals surface area contributed by atoms with Crippen molar-refractivity contribution in [2.75, 3.05) is 0 Å². The van der Waals surface area contributed by atoms with Gasteiger partial charge in [0.25, 0.3) is 0 Å². The first-order chi connectivity index (χ1) is 12.8. The maximum atomic E-state index is 13.9. The van der Waals surface area contributed by atoms with Crippen molar-refractivity contribution in [3.05, 3.63) is 93.1 Å². The summed E-state index contributed by atoms with van der Waals surface area (Å²) in [6.07, 6.45) is 13.0. The molecule has 5 aliphatic carbocycles. The number of ketones is 1. The van der Waals surface area contributed by atoms with E-state index in [1.165, 1.54) is 55.3 Å². The number of hydrogen-bond acceptors (Lipinski definition) is 1. The average Bonchev–Trinajstić information content (AvgIpc) is 3.31. The van der Waals surface area contributed by atoms with Gasteiger partial charge in [-0.2, -0.15) is 0 Å². The Labute approximate surface area is 152 Å². The molecule has 2 atom stereocenters. The van der Waals surface area contributed by atoms with Gasteiger partial charge in [0.2, 0.25) is 0 Å². The lowest BCUT2D eigenvalue weighted by atomic mass is 9.62. The Morgan fingerprint density at radius 3 is 1.81 bits per heavy atom. The number of hydrogen-bond donors (Lipinski definition) is 0. The molecule has 5 aliphatic rings. The third-order valence-electron chi connectivity index (χ3n) is 7.16. The van der Waals surface area contributed by atoms with Crippen molar-refractivity contribution in [2.45, 2.75) is 37.5 Å². The summed E-state index contributed by atoms with van der Waals surface area (Å²) in [5, 5.41) is 2.70. The van der Waals surface area contributed by atoms with Crippen LogP contribution in [-0.2, 0) is 17.6 Å². The van der Waals surface area contributed by atoms with E-state index < -0.39 is 0 Å². The molecule has 0 saturated carbocycles. The van der Waals surface area contributed by atoms with E-state index in [1.54, 1.807) is 0 Å². The van der Waals surface area contributed by atoms with Crippen LogP contribution in [0, 0.1) is 0 Å². The monoisotopic (exact) mass is 334 g/mol. The molecule has 0 spiro atoms. The maximum absolute atomic E-state index is 13.9. The molecular weight excluding hydrogens is 316 g/mol. The molecule has 124 valence electrons. The third kappa shape index (κ3) is 1.40. The fourth-order valence-corrected chi connectivity index (χ4v) is 6.13. The Morgan fingerprint density at radius 1 is 0.731 bits per heavy atom. The molecule has 0 N–H and O–H groups in total. The summed E-state index contributed by atoms with van der Waals surface area (Å²) in [6, 6.07) is 9.10. The fourth-order valence-electron chi connectivity index (χ4n) is 6.13. The molecule has 2 aromatic carbocycles. The summed E-state index contributed by atoms with van der Waals surface area (Å²) in [5.41, 5.74) is 11.0. The van der Waals surface area contributed by atoms with E-state index in [0.29, 0.717) is 5.78 Å². The molecular formula is C25H18O. The van der Waals surface area contributed by atoms with Crippen molar-refractivity contribution in [2.24, 2.45) is 0 Å². The van der Waals surface area contributed by atoms with Gasteiger partial charge < -0.3 is 0 Å². The Balaban J connectivity index is 1.66. The second kappa shape index (κ2) is 4.35. The van der Waals surface area contributed by atoms with Crippen LogP contribution in [0.25, 0.3) is 10.8 Å². The van der Waals surface area contributed by atoms with Gasteiger partial charge in [0.05, 0.1) is 11.8 Å². The number of carbonyl (C=O) groups is 1. The quantitative estimate of drug-likeness (QED) is 0.646. The predicted octanol–water partition coefficient (Wildman–Crippen LogP) is 5.21. The normalized spacial score (nSPS) is 26.8. The van der Waals surface area contributed by atoms with Crippen LogP contribution in [0.2, 0.25) is 0 Å². The van der Waals surface area contributed by atoms with E-state index >= 15 is 0 Å². The summed E-state index contributed by atoms with van der Waals surface area (Å²) in [4.78, 5) is 13.9. The fraction of sp³-hybridized carbons (Fsp3) is 0.240. The molecule has 2 aromatic rings.